The van der Waals surface area contributed by atoms with Gasteiger partial charge in [0.25, 0.3) is 0 Å². The van der Waals surface area contributed by atoms with Gasteiger partial charge in [-0.2, -0.15) is 0 Å². The lowest BCUT2D eigenvalue weighted by atomic mass is 9.77. The van der Waals surface area contributed by atoms with Crippen molar-refractivity contribution in [3.8, 4) is 0 Å². The summed E-state index contributed by atoms with van der Waals surface area (Å²) in [7, 11) is 0. The number of nitrogens with two attached hydrogens (primary N) is 1. The van der Waals surface area contributed by atoms with Crippen LogP contribution in [0.15, 0.2) is 36.4 Å². The minimum atomic E-state index is -1.09. The molecule has 0 aromatic heterocycles. The number of carbonyl (C=O) groups excluding carboxylic acids is 1. The summed E-state index contributed by atoms with van der Waals surface area (Å²) in [5.74, 6) is -2.54. The van der Waals surface area contributed by atoms with Crippen molar-refractivity contribution in [1.29, 1.82) is 0 Å². The first-order valence-electron chi connectivity index (χ1n) is 6.60. The Hall–Kier alpha value is -2.23. The molecular weight excluding hydrogens is 272 g/mol. The summed E-state index contributed by atoms with van der Waals surface area (Å²) in [6, 6.07) is 9.53. The summed E-state index contributed by atoms with van der Waals surface area (Å²) in [4.78, 5) is 12.6. The lowest BCUT2D eigenvalue weighted by Crippen LogP contribution is -2.30. The van der Waals surface area contributed by atoms with Gasteiger partial charge in [-0.1, -0.05) is 18.2 Å². The lowest BCUT2D eigenvalue weighted by molar-refractivity contribution is 0.0903. The number of aryl methyl sites for hydroxylation is 1. The molecule has 0 aliphatic carbocycles. The van der Waals surface area contributed by atoms with Crippen molar-refractivity contribution in [3.63, 3.8) is 0 Å². The topological polar surface area (TPSA) is 43.1 Å². The van der Waals surface area contributed by atoms with Gasteiger partial charge in [-0.15, -0.1) is 0 Å². The highest BCUT2D eigenvalue weighted by atomic mass is 19.2. The number of hydrogen-bond donors (Lipinski definition) is 1. The second kappa shape index (κ2) is 5.28. The molecule has 0 spiro atoms. The first kappa shape index (κ1) is 15.2. The van der Waals surface area contributed by atoms with E-state index in [-0.39, 0.29) is 11.1 Å². The van der Waals surface area contributed by atoms with Crippen molar-refractivity contribution < 1.29 is 13.6 Å². The van der Waals surface area contributed by atoms with Crippen LogP contribution >= 0.6 is 0 Å². The maximum absolute atomic E-state index is 14.0. The normalized spacial score (nSPS) is 11.5. The maximum atomic E-state index is 14.0. The fourth-order valence-electron chi connectivity index (χ4n) is 2.19. The van der Waals surface area contributed by atoms with Crippen LogP contribution in [0.2, 0.25) is 0 Å². The van der Waals surface area contributed by atoms with Crippen molar-refractivity contribution in [2.75, 3.05) is 5.73 Å². The van der Waals surface area contributed by atoms with Gasteiger partial charge >= 0.3 is 0 Å². The Kier molecular flexibility index (Phi) is 3.81. The number of nitrogen functional groups attached to an aromatic ring is 1. The molecule has 0 fully saturated rings. The molecule has 0 saturated carbocycles. The number of Topliss-reactive ketones (excluding diaryl/α,β-unsaturated/α-hetero) is 1. The molecule has 2 N–H and O–H groups in total. The Morgan fingerprint density at radius 3 is 2.14 bits per heavy atom. The van der Waals surface area contributed by atoms with Crippen molar-refractivity contribution in [2.24, 2.45) is 0 Å². The quantitative estimate of drug-likeness (QED) is 0.685. The molecule has 0 unspecified atom stereocenters. The zero-order valence-corrected chi connectivity index (χ0v) is 12.2. The Labute approximate surface area is 122 Å². The van der Waals surface area contributed by atoms with E-state index in [1.807, 2.05) is 0 Å². The van der Waals surface area contributed by atoms with E-state index in [2.05, 4.69) is 0 Å². The van der Waals surface area contributed by atoms with E-state index in [1.165, 1.54) is 19.1 Å². The van der Waals surface area contributed by atoms with Gasteiger partial charge < -0.3 is 5.73 Å². The van der Waals surface area contributed by atoms with Crippen LogP contribution in [0.4, 0.5) is 14.5 Å². The molecule has 21 heavy (non-hydrogen) atoms. The zero-order valence-electron chi connectivity index (χ0n) is 12.2. The van der Waals surface area contributed by atoms with Gasteiger partial charge in [-0.3, -0.25) is 4.79 Å². The minimum Gasteiger partial charge on any atom is -0.399 e. The number of ketones is 1. The molecule has 2 rings (SSSR count). The summed E-state index contributed by atoms with van der Waals surface area (Å²) in [6.07, 6.45) is 0. The van der Waals surface area contributed by atoms with E-state index in [9.17, 15) is 13.6 Å². The van der Waals surface area contributed by atoms with Gasteiger partial charge in [0.1, 0.15) is 0 Å². The van der Waals surface area contributed by atoms with Crippen molar-refractivity contribution in [1.82, 2.24) is 0 Å². The molecule has 2 aromatic carbocycles. The van der Waals surface area contributed by atoms with Crippen LogP contribution in [0.3, 0.4) is 0 Å². The van der Waals surface area contributed by atoms with Crippen molar-refractivity contribution in [3.05, 3.63) is 64.7 Å². The largest absolute Gasteiger partial charge is 0.399 e. The Bertz CT molecular complexity index is 691. The molecule has 0 aliphatic heterocycles. The summed E-state index contributed by atoms with van der Waals surface area (Å²) in [6.45, 7) is 4.81. The van der Waals surface area contributed by atoms with E-state index in [1.54, 1.807) is 38.1 Å². The molecule has 0 heterocycles. The van der Waals surface area contributed by atoms with Gasteiger partial charge in [0.05, 0.1) is 11.0 Å². The second-order valence-corrected chi connectivity index (χ2v) is 5.63. The Balaban J connectivity index is 2.48. The molecular formula is C17H17F2NO. The molecule has 0 saturated heterocycles. The number of carbonyl (C=O) groups is 1. The minimum absolute atomic E-state index is 0.175. The van der Waals surface area contributed by atoms with Crippen LogP contribution in [0.1, 0.15) is 35.3 Å². The van der Waals surface area contributed by atoms with E-state index in [4.69, 9.17) is 5.73 Å². The summed E-state index contributed by atoms with van der Waals surface area (Å²) in [5.41, 5.74) is 5.86. The molecule has 0 bridgehead atoms. The lowest BCUT2D eigenvalue weighted by Gasteiger charge is -2.24. The van der Waals surface area contributed by atoms with E-state index in [0.29, 0.717) is 11.3 Å². The van der Waals surface area contributed by atoms with E-state index in [0.717, 1.165) is 0 Å². The predicted molar refractivity (Wildman–Crippen MR) is 79.3 cm³/mol. The fourth-order valence-corrected chi connectivity index (χ4v) is 2.19. The summed E-state index contributed by atoms with van der Waals surface area (Å²) >= 11 is 0. The molecule has 4 heteroatoms. The van der Waals surface area contributed by atoms with Crippen LogP contribution in [-0.2, 0) is 5.41 Å². The van der Waals surface area contributed by atoms with Crippen LogP contribution in [-0.4, -0.2) is 5.78 Å². The Morgan fingerprint density at radius 2 is 1.57 bits per heavy atom. The predicted octanol–water partition coefficient (Wildman–Crippen LogP) is 4.02. The molecule has 2 aromatic rings. The van der Waals surface area contributed by atoms with Gasteiger partial charge in [-0.05, 0) is 50.1 Å². The second-order valence-electron chi connectivity index (χ2n) is 5.63. The van der Waals surface area contributed by atoms with Gasteiger partial charge in [0.2, 0.25) is 0 Å². The Morgan fingerprint density at radius 1 is 1.00 bits per heavy atom. The standard InChI is InChI=1S/C17H17F2NO/c1-10-4-9-13(15(19)14(10)18)16(21)17(2,3)11-5-7-12(20)8-6-11/h4-9H,20H2,1-3H3. The first-order valence-corrected chi connectivity index (χ1v) is 6.60. The molecule has 110 valence electrons. The molecule has 0 atom stereocenters. The number of hydrogen-bond acceptors (Lipinski definition) is 2. The van der Waals surface area contributed by atoms with Crippen molar-refractivity contribution >= 4 is 11.5 Å². The number of halogens is 2. The van der Waals surface area contributed by atoms with E-state index < -0.39 is 22.8 Å². The number of anilines is 1. The summed E-state index contributed by atoms with van der Waals surface area (Å²) < 4.78 is 27.7. The number of rotatable bonds is 3. The van der Waals surface area contributed by atoms with Gasteiger partial charge in [0, 0.05) is 5.69 Å². The average Bonchev–Trinajstić information content (AvgIpc) is 2.45. The molecule has 2 nitrogen and oxygen atoms in total. The highest BCUT2D eigenvalue weighted by Crippen LogP contribution is 2.30. The first-order chi connectivity index (χ1) is 9.75. The number of benzene rings is 2. The third kappa shape index (κ3) is 2.66. The zero-order chi connectivity index (χ0) is 15.8. The molecule has 0 radical (unpaired) electrons. The highest BCUT2D eigenvalue weighted by Gasteiger charge is 2.33. The highest BCUT2D eigenvalue weighted by molar-refractivity contribution is 6.03. The smallest absolute Gasteiger partial charge is 0.175 e. The van der Waals surface area contributed by atoms with Crippen LogP contribution in [0.5, 0.6) is 0 Å². The van der Waals surface area contributed by atoms with Crippen molar-refractivity contribution in [2.45, 2.75) is 26.2 Å². The maximum Gasteiger partial charge on any atom is 0.175 e. The fraction of sp³-hybridized carbons (Fsp3) is 0.235. The van der Waals surface area contributed by atoms with Crippen LogP contribution in [0, 0.1) is 18.6 Å². The van der Waals surface area contributed by atoms with Gasteiger partial charge in [-0.25, -0.2) is 8.78 Å². The molecule has 0 amide bonds. The van der Waals surface area contributed by atoms with Crippen LogP contribution in [0.25, 0.3) is 0 Å². The molecule has 0 aliphatic rings. The van der Waals surface area contributed by atoms with E-state index >= 15 is 0 Å². The third-order valence-electron chi connectivity index (χ3n) is 3.72. The SMILES string of the molecule is Cc1ccc(C(=O)C(C)(C)c2ccc(N)cc2)c(F)c1F. The average molecular weight is 289 g/mol. The van der Waals surface area contributed by atoms with Crippen LogP contribution < -0.4 is 5.73 Å². The van der Waals surface area contributed by atoms with Gasteiger partial charge in [0.15, 0.2) is 17.4 Å². The monoisotopic (exact) mass is 289 g/mol. The third-order valence-corrected chi connectivity index (χ3v) is 3.72. The summed E-state index contributed by atoms with van der Waals surface area (Å²) in [5, 5.41) is 0.